The number of hydrogen-bond acceptors (Lipinski definition) is 2. The van der Waals surface area contributed by atoms with E-state index in [2.05, 4.69) is 11.9 Å². The molecule has 0 heterocycles. The molecule has 0 radical (unpaired) electrons. The molecule has 0 aromatic carbocycles. The number of allylic oxidation sites excluding steroid dienone is 2. The molecule has 0 saturated carbocycles. The van der Waals surface area contributed by atoms with Crippen LogP contribution in [0.25, 0.3) is 0 Å². The van der Waals surface area contributed by atoms with Gasteiger partial charge in [0.25, 0.3) is 0 Å². The summed E-state index contributed by atoms with van der Waals surface area (Å²) < 4.78 is 5.04. The third kappa shape index (κ3) is 7.40. The van der Waals surface area contributed by atoms with E-state index in [1.807, 2.05) is 33.8 Å². The minimum atomic E-state index is -0.473. The molecule has 0 aromatic rings. The first kappa shape index (κ1) is 12.8. The number of amides is 1. The summed E-state index contributed by atoms with van der Waals surface area (Å²) in [4.78, 5) is 11.2. The molecule has 0 atom stereocenters. The molecule has 0 aliphatic rings. The number of carbonyl (C=O) groups is 1. The van der Waals surface area contributed by atoms with Crippen molar-refractivity contribution in [3.05, 3.63) is 24.4 Å². The zero-order valence-corrected chi connectivity index (χ0v) is 9.39. The first-order valence-electron chi connectivity index (χ1n) is 4.70. The van der Waals surface area contributed by atoms with Gasteiger partial charge in [-0.05, 0) is 33.3 Å². The maximum absolute atomic E-state index is 11.2. The lowest BCUT2D eigenvalue weighted by Gasteiger charge is -2.19. The van der Waals surface area contributed by atoms with E-state index in [0.29, 0.717) is 5.70 Å². The van der Waals surface area contributed by atoms with Crippen LogP contribution in [-0.4, -0.2) is 11.7 Å². The fraction of sp³-hybridized carbons (Fsp3) is 0.545. The standard InChI is InChI=1S/C11H19NO2/c1-6-7-8-9(2)12-10(13)14-11(3,4)5/h7-8H,2,6H2,1,3-5H3,(H,12,13)/b8-7-. The maximum atomic E-state index is 11.2. The highest BCUT2D eigenvalue weighted by Crippen LogP contribution is 2.07. The van der Waals surface area contributed by atoms with Crippen LogP contribution in [-0.2, 0) is 4.74 Å². The number of ether oxygens (including phenoxy) is 1. The van der Waals surface area contributed by atoms with E-state index < -0.39 is 11.7 Å². The molecule has 0 rings (SSSR count). The van der Waals surface area contributed by atoms with Gasteiger partial charge in [-0.15, -0.1) is 0 Å². The van der Waals surface area contributed by atoms with Crippen LogP contribution in [0.4, 0.5) is 4.79 Å². The van der Waals surface area contributed by atoms with Crippen LogP contribution in [0, 0.1) is 0 Å². The second-order valence-electron chi connectivity index (χ2n) is 3.96. The molecule has 0 aliphatic carbocycles. The predicted octanol–water partition coefficient (Wildman–Crippen LogP) is 2.99. The van der Waals surface area contributed by atoms with Gasteiger partial charge in [-0.3, -0.25) is 5.32 Å². The van der Waals surface area contributed by atoms with Gasteiger partial charge in [0.1, 0.15) is 5.60 Å². The molecule has 3 heteroatoms. The zero-order valence-electron chi connectivity index (χ0n) is 9.39. The molecule has 0 bridgehead atoms. The molecule has 0 spiro atoms. The monoisotopic (exact) mass is 197 g/mol. The molecule has 0 saturated heterocycles. The lowest BCUT2D eigenvalue weighted by molar-refractivity contribution is 0.0548. The molecule has 0 fully saturated rings. The quantitative estimate of drug-likeness (QED) is 0.706. The normalized spacial score (nSPS) is 11.4. The molecule has 0 aliphatic heterocycles. The summed E-state index contributed by atoms with van der Waals surface area (Å²) in [5.41, 5.74) is 0.0693. The molecule has 14 heavy (non-hydrogen) atoms. The van der Waals surface area contributed by atoms with E-state index >= 15 is 0 Å². The Hall–Kier alpha value is -1.25. The molecule has 0 unspecified atom stereocenters. The summed E-state index contributed by atoms with van der Waals surface area (Å²) in [6.45, 7) is 11.1. The van der Waals surface area contributed by atoms with Gasteiger partial charge in [-0.1, -0.05) is 19.6 Å². The van der Waals surface area contributed by atoms with Crippen molar-refractivity contribution in [2.24, 2.45) is 0 Å². The molecule has 1 amide bonds. The van der Waals surface area contributed by atoms with E-state index in [1.54, 1.807) is 6.08 Å². The Balaban J connectivity index is 3.95. The van der Waals surface area contributed by atoms with Crippen molar-refractivity contribution in [3.8, 4) is 0 Å². The van der Waals surface area contributed by atoms with Gasteiger partial charge < -0.3 is 4.74 Å². The van der Waals surface area contributed by atoms with Gasteiger partial charge in [0.05, 0.1) is 0 Å². The number of carbonyl (C=O) groups excluding carboxylic acids is 1. The minimum Gasteiger partial charge on any atom is -0.444 e. The summed E-state index contributed by atoms with van der Waals surface area (Å²) in [5, 5.41) is 2.53. The molecular weight excluding hydrogens is 178 g/mol. The highest BCUT2D eigenvalue weighted by molar-refractivity contribution is 5.70. The van der Waals surface area contributed by atoms with Crippen LogP contribution in [0.15, 0.2) is 24.4 Å². The lowest BCUT2D eigenvalue weighted by Crippen LogP contribution is -2.31. The van der Waals surface area contributed by atoms with E-state index in [0.717, 1.165) is 6.42 Å². The largest absolute Gasteiger partial charge is 0.444 e. The molecular formula is C11H19NO2. The molecule has 80 valence electrons. The topological polar surface area (TPSA) is 38.3 Å². The van der Waals surface area contributed by atoms with E-state index in [9.17, 15) is 4.79 Å². The number of rotatable bonds is 3. The third-order valence-corrected chi connectivity index (χ3v) is 1.22. The zero-order chi connectivity index (χ0) is 11.2. The Morgan fingerprint density at radius 3 is 2.50 bits per heavy atom. The Bertz CT molecular complexity index is 236. The predicted molar refractivity (Wildman–Crippen MR) is 57.9 cm³/mol. The Labute approximate surface area is 85.8 Å². The Morgan fingerprint density at radius 2 is 2.07 bits per heavy atom. The summed E-state index contributed by atoms with van der Waals surface area (Å²) in [7, 11) is 0. The van der Waals surface area contributed by atoms with Crippen molar-refractivity contribution in [2.75, 3.05) is 0 Å². The van der Waals surface area contributed by atoms with Crippen LogP contribution in [0.5, 0.6) is 0 Å². The number of nitrogens with one attached hydrogen (secondary N) is 1. The van der Waals surface area contributed by atoms with Gasteiger partial charge in [-0.2, -0.15) is 0 Å². The number of alkyl carbamates (subject to hydrolysis) is 1. The van der Waals surface area contributed by atoms with Crippen LogP contribution < -0.4 is 5.32 Å². The van der Waals surface area contributed by atoms with Crippen LogP contribution in [0.1, 0.15) is 34.1 Å². The third-order valence-electron chi connectivity index (χ3n) is 1.22. The van der Waals surface area contributed by atoms with Gasteiger partial charge >= 0.3 is 6.09 Å². The van der Waals surface area contributed by atoms with Crippen LogP contribution in [0.3, 0.4) is 0 Å². The highest BCUT2D eigenvalue weighted by Gasteiger charge is 2.15. The van der Waals surface area contributed by atoms with E-state index in [4.69, 9.17) is 4.74 Å². The fourth-order valence-electron chi connectivity index (χ4n) is 0.736. The molecule has 0 aromatic heterocycles. The summed E-state index contributed by atoms with van der Waals surface area (Å²) in [6.07, 6.45) is 4.11. The summed E-state index contributed by atoms with van der Waals surface area (Å²) >= 11 is 0. The van der Waals surface area contributed by atoms with Crippen molar-refractivity contribution in [1.29, 1.82) is 0 Å². The average molecular weight is 197 g/mol. The van der Waals surface area contributed by atoms with Crippen LogP contribution >= 0.6 is 0 Å². The maximum Gasteiger partial charge on any atom is 0.412 e. The van der Waals surface area contributed by atoms with Crippen molar-refractivity contribution in [3.63, 3.8) is 0 Å². The van der Waals surface area contributed by atoms with Crippen molar-refractivity contribution < 1.29 is 9.53 Å². The highest BCUT2D eigenvalue weighted by atomic mass is 16.6. The Morgan fingerprint density at radius 1 is 1.50 bits per heavy atom. The van der Waals surface area contributed by atoms with Crippen molar-refractivity contribution in [1.82, 2.24) is 5.32 Å². The molecule has 3 nitrogen and oxygen atoms in total. The van der Waals surface area contributed by atoms with Crippen molar-refractivity contribution >= 4 is 6.09 Å². The van der Waals surface area contributed by atoms with Crippen LogP contribution in [0.2, 0.25) is 0 Å². The molecule has 1 N–H and O–H groups in total. The first-order valence-corrected chi connectivity index (χ1v) is 4.70. The smallest absolute Gasteiger partial charge is 0.412 e. The lowest BCUT2D eigenvalue weighted by atomic mass is 10.2. The Kier molecular flexibility index (Phi) is 4.99. The van der Waals surface area contributed by atoms with Gasteiger partial charge in [0.15, 0.2) is 0 Å². The van der Waals surface area contributed by atoms with Gasteiger partial charge in [0.2, 0.25) is 0 Å². The SMILES string of the molecule is C=C(/C=C\CC)NC(=O)OC(C)(C)C. The number of hydrogen-bond donors (Lipinski definition) is 1. The average Bonchev–Trinajstić information content (AvgIpc) is 1.96. The summed E-state index contributed by atoms with van der Waals surface area (Å²) in [6, 6.07) is 0. The van der Waals surface area contributed by atoms with Crippen molar-refractivity contribution in [2.45, 2.75) is 39.7 Å². The van der Waals surface area contributed by atoms with E-state index in [-0.39, 0.29) is 0 Å². The summed E-state index contributed by atoms with van der Waals surface area (Å²) in [5.74, 6) is 0. The first-order chi connectivity index (χ1) is 6.35. The second kappa shape index (κ2) is 5.47. The second-order valence-corrected chi connectivity index (χ2v) is 3.96. The fourth-order valence-corrected chi connectivity index (χ4v) is 0.736. The van der Waals surface area contributed by atoms with Gasteiger partial charge in [-0.25, -0.2) is 4.79 Å². The minimum absolute atomic E-state index is 0.469. The van der Waals surface area contributed by atoms with E-state index in [1.165, 1.54) is 0 Å². The van der Waals surface area contributed by atoms with Gasteiger partial charge in [0, 0.05) is 5.70 Å².